The van der Waals surface area contributed by atoms with Gasteiger partial charge in [-0.1, -0.05) is 25.0 Å². The van der Waals surface area contributed by atoms with Gasteiger partial charge in [-0.3, -0.25) is 9.59 Å². The van der Waals surface area contributed by atoms with Gasteiger partial charge in [0, 0.05) is 36.0 Å². The van der Waals surface area contributed by atoms with E-state index < -0.39 is 47.5 Å². The number of fused-ring (bicyclic) bond motifs is 2. The fraction of sp³-hybridized carbons (Fsp3) is 0.528. The summed E-state index contributed by atoms with van der Waals surface area (Å²) in [7, 11) is 1.60. The Morgan fingerprint density at radius 1 is 1.04 bits per heavy atom. The van der Waals surface area contributed by atoms with Crippen LogP contribution >= 0.6 is 11.3 Å². The minimum Gasteiger partial charge on any atom is -0.497 e. The number of hydrogen-bond donors (Lipinski definition) is 3. The van der Waals surface area contributed by atoms with Gasteiger partial charge in [-0.15, -0.1) is 16.4 Å². The van der Waals surface area contributed by atoms with Gasteiger partial charge in [0.05, 0.1) is 13.2 Å². The summed E-state index contributed by atoms with van der Waals surface area (Å²) in [6.07, 6.45) is 12.2. The number of carboxylic acid groups (broad SMARTS) is 1. The van der Waals surface area contributed by atoms with Crippen LogP contribution in [0.2, 0.25) is 0 Å². The zero-order valence-electron chi connectivity index (χ0n) is 28.5. The first-order valence-corrected chi connectivity index (χ1v) is 18.6. The molecule has 2 aromatic heterocycles. The number of amides is 3. The first-order valence-electron chi connectivity index (χ1n) is 17.8. The van der Waals surface area contributed by atoms with E-state index in [0.29, 0.717) is 35.0 Å². The Labute approximate surface area is 299 Å². The maximum absolute atomic E-state index is 14.5. The number of carboxylic acids is 1. The fourth-order valence-corrected chi connectivity index (χ4v) is 8.11. The Hall–Kier alpha value is -4.79. The van der Waals surface area contributed by atoms with E-state index in [1.807, 2.05) is 41.8 Å². The molecule has 2 saturated carbocycles. The smallest absolute Gasteiger partial charge is 0.408 e. The topological polar surface area (TPSA) is 178 Å². The lowest BCUT2D eigenvalue weighted by Gasteiger charge is -2.29. The van der Waals surface area contributed by atoms with Crippen molar-refractivity contribution in [2.24, 2.45) is 5.92 Å². The Morgan fingerprint density at radius 2 is 1.80 bits per heavy atom. The van der Waals surface area contributed by atoms with Crippen LogP contribution in [0.15, 0.2) is 48.0 Å². The molecule has 3 aromatic rings. The number of thiazole rings is 1. The number of rotatable bonds is 7. The molecular weight excluding hydrogens is 675 g/mol. The third-order valence-electron chi connectivity index (χ3n) is 10.5. The Balaban J connectivity index is 1.21. The zero-order valence-corrected chi connectivity index (χ0v) is 29.3. The predicted molar refractivity (Wildman–Crippen MR) is 187 cm³/mol. The fourth-order valence-electron chi connectivity index (χ4n) is 7.49. The molecule has 0 unspecified atom stereocenters. The van der Waals surface area contributed by atoms with E-state index >= 15 is 0 Å². The van der Waals surface area contributed by atoms with Gasteiger partial charge < -0.3 is 30.1 Å². The van der Waals surface area contributed by atoms with E-state index in [0.717, 1.165) is 50.5 Å². The molecule has 2 aliphatic heterocycles. The standard InChI is InChI=1S/C36H43N7O7S/c1-49-25-15-13-22(14-16-25)29-30(32-37-17-18-51-32)41-43(40-29)24-19-28-31(44)39-36(34(46)47)20-23(36)9-5-3-2-4-6-12-27(33(45)42(28)21-24)38-35(48)50-26-10-7-8-11-26/h5,9,13-18,23-24,26-28H,2-4,6-8,10-12,19-21H2,1H3,(H,38,48)(H,39,44)(H,46,47)/b9-5-/t23-,24+,27-,28-,36+/m0/s1. The van der Waals surface area contributed by atoms with Crippen LogP contribution in [-0.2, 0) is 19.1 Å². The normalized spacial score (nSPS) is 27.7. The van der Waals surface area contributed by atoms with Gasteiger partial charge in [-0.25, -0.2) is 14.6 Å². The molecule has 0 spiro atoms. The maximum Gasteiger partial charge on any atom is 0.408 e. The Kier molecular flexibility index (Phi) is 10.1. The van der Waals surface area contributed by atoms with Crippen molar-refractivity contribution in [3.05, 3.63) is 48.0 Å². The number of aliphatic carboxylic acids is 1. The van der Waals surface area contributed by atoms with Gasteiger partial charge in [-0.2, -0.15) is 9.90 Å². The summed E-state index contributed by atoms with van der Waals surface area (Å²) in [6, 6.07) is 4.94. The number of carbonyl (C=O) groups excluding carboxylic acids is 3. The van der Waals surface area contributed by atoms with Crippen LogP contribution in [0.3, 0.4) is 0 Å². The largest absolute Gasteiger partial charge is 0.497 e. The summed E-state index contributed by atoms with van der Waals surface area (Å²) in [6.45, 7) is 0.0736. The van der Waals surface area contributed by atoms with E-state index in [4.69, 9.17) is 19.7 Å². The third-order valence-corrected chi connectivity index (χ3v) is 11.2. The third kappa shape index (κ3) is 7.34. The minimum atomic E-state index is -1.44. The monoisotopic (exact) mass is 717 g/mol. The molecule has 1 saturated heterocycles. The molecule has 14 nitrogen and oxygen atoms in total. The molecular formula is C36H43N7O7S. The van der Waals surface area contributed by atoms with Gasteiger partial charge in [-0.05, 0) is 75.6 Å². The molecule has 15 heteroatoms. The summed E-state index contributed by atoms with van der Waals surface area (Å²) in [5.74, 6) is -1.75. The molecule has 3 N–H and O–H groups in total. The molecule has 3 amide bonds. The number of carbonyl (C=O) groups is 4. The van der Waals surface area contributed by atoms with Gasteiger partial charge in [0.1, 0.15) is 45.9 Å². The molecule has 270 valence electrons. The summed E-state index contributed by atoms with van der Waals surface area (Å²) in [4.78, 5) is 61.7. The lowest BCUT2D eigenvalue weighted by molar-refractivity contribution is -0.145. The predicted octanol–water partition coefficient (Wildman–Crippen LogP) is 4.74. The number of ether oxygens (including phenoxy) is 2. The van der Waals surface area contributed by atoms with Crippen molar-refractivity contribution in [3.8, 4) is 27.7 Å². The summed E-state index contributed by atoms with van der Waals surface area (Å²) in [5, 5.41) is 28.1. The summed E-state index contributed by atoms with van der Waals surface area (Å²) >= 11 is 1.42. The van der Waals surface area contributed by atoms with Crippen molar-refractivity contribution in [2.75, 3.05) is 13.7 Å². The van der Waals surface area contributed by atoms with Crippen molar-refractivity contribution in [3.63, 3.8) is 0 Å². The van der Waals surface area contributed by atoms with Crippen molar-refractivity contribution in [1.82, 2.24) is 35.5 Å². The summed E-state index contributed by atoms with van der Waals surface area (Å²) in [5.41, 5.74) is 0.490. The van der Waals surface area contributed by atoms with E-state index in [1.54, 1.807) is 13.3 Å². The quantitative estimate of drug-likeness (QED) is 0.290. The number of alkyl carbamates (subject to hydrolysis) is 1. The zero-order chi connectivity index (χ0) is 35.5. The van der Waals surface area contributed by atoms with Crippen molar-refractivity contribution < 1.29 is 33.8 Å². The second-order valence-electron chi connectivity index (χ2n) is 13.8. The molecule has 0 bridgehead atoms. The molecule has 51 heavy (non-hydrogen) atoms. The van der Waals surface area contributed by atoms with Crippen LogP contribution in [-0.4, -0.2) is 91.2 Å². The molecule has 4 aliphatic rings. The van der Waals surface area contributed by atoms with Crippen molar-refractivity contribution >= 4 is 35.2 Å². The second kappa shape index (κ2) is 14.8. The molecule has 7 rings (SSSR count). The number of methoxy groups -OCH3 is 1. The van der Waals surface area contributed by atoms with E-state index in [9.17, 15) is 24.3 Å². The second-order valence-corrected chi connectivity index (χ2v) is 14.7. The van der Waals surface area contributed by atoms with E-state index in [2.05, 4.69) is 15.6 Å². The van der Waals surface area contributed by atoms with Crippen molar-refractivity contribution in [2.45, 2.75) is 100 Å². The molecule has 4 heterocycles. The average Bonchev–Trinajstić information content (AvgIpc) is 3.77. The van der Waals surface area contributed by atoms with Crippen LogP contribution in [0.25, 0.3) is 22.0 Å². The lowest BCUT2D eigenvalue weighted by atomic mass is 10.0. The van der Waals surface area contributed by atoms with Gasteiger partial charge in [0.2, 0.25) is 11.8 Å². The molecule has 2 aliphatic carbocycles. The maximum atomic E-state index is 14.5. The van der Waals surface area contributed by atoms with Gasteiger partial charge in [0.25, 0.3) is 0 Å². The highest BCUT2D eigenvalue weighted by Crippen LogP contribution is 2.46. The molecule has 3 fully saturated rings. The Bertz CT molecular complexity index is 1770. The summed E-state index contributed by atoms with van der Waals surface area (Å²) < 4.78 is 11.0. The SMILES string of the molecule is COc1ccc(-c2nn([C@@H]3C[C@H]4C(=O)N[C@]5(C(=O)O)C[C@@H]5/C=C\CCCCC[C@H](NC(=O)OC5CCCC5)C(=O)N4C3)nc2-c2nccs2)cc1. The first kappa shape index (κ1) is 34.6. The molecule has 1 aromatic carbocycles. The van der Waals surface area contributed by atoms with Crippen LogP contribution in [0, 0.1) is 5.92 Å². The highest BCUT2D eigenvalue weighted by Gasteiger charge is 2.61. The van der Waals surface area contributed by atoms with Crippen LogP contribution in [0.5, 0.6) is 5.75 Å². The number of allylic oxidation sites excluding steroid dienone is 1. The first-order chi connectivity index (χ1) is 24.8. The Morgan fingerprint density at radius 3 is 2.53 bits per heavy atom. The van der Waals surface area contributed by atoms with Crippen LogP contribution in [0.4, 0.5) is 4.79 Å². The molecule has 0 radical (unpaired) electrons. The van der Waals surface area contributed by atoms with E-state index in [1.165, 1.54) is 21.0 Å². The van der Waals surface area contributed by atoms with Crippen LogP contribution in [0.1, 0.15) is 76.7 Å². The van der Waals surface area contributed by atoms with E-state index in [-0.39, 0.29) is 31.4 Å². The lowest BCUT2D eigenvalue weighted by Crippen LogP contribution is -2.56. The van der Waals surface area contributed by atoms with Crippen LogP contribution < -0.4 is 15.4 Å². The molecule has 5 atom stereocenters. The number of nitrogens with one attached hydrogen (secondary N) is 2. The van der Waals surface area contributed by atoms with Crippen molar-refractivity contribution in [1.29, 1.82) is 0 Å². The number of aromatic nitrogens is 4. The minimum absolute atomic E-state index is 0.0736. The number of benzene rings is 1. The highest BCUT2D eigenvalue weighted by molar-refractivity contribution is 7.13. The van der Waals surface area contributed by atoms with Gasteiger partial charge >= 0.3 is 12.1 Å². The number of nitrogens with zero attached hydrogens (tertiary/aromatic N) is 5. The number of hydrogen-bond acceptors (Lipinski definition) is 10. The average molecular weight is 718 g/mol. The highest BCUT2D eigenvalue weighted by atomic mass is 32.1. The van der Waals surface area contributed by atoms with Gasteiger partial charge in [0.15, 0.2) is 0 Å².